The van der Waals surface area contributed by atoms with Crippen LogP contribution in [0.2, 0.25) is 0 Å². The number of rotatable bonds is 4. The van der Waals surface area contributed by atoms with E-state index in [2.05, 4.69) is 9.97 Å². The Kier molecular flexibility index (Phi) is 3.58. The molecule has 0 unspecified atom stereocenters. The van der Waals surface area contributed by atoms with E-state index < -0.39 is 5.92 Å². The zero-order chi connectivity index (χ0) is 16.5. The van der Waals surface area contributed by atoms with Crippen molar-refractivity contribution < 1.29 is 9.53 Å². The number of hydrogen-bond acceptors (Lipinski definition) is 2. The molecular weight excluding hydrogens is 300 g/mol. The van der Waals surface area contributed by atoms with E-state index in [0.29, 0.717) is 6.61 Å². The molecule has 4 heteroatoms. The maximum atomic E-state index is 12.8. The maximum absolute atomic E-state index is 12.8. The number of esters is 1. The van der Waals surface area contributed by atoms with E-state index in [4.69, 9.17) is 4.74 Å². The zero-order valence-corrected chi connectivity index (χ0v) is 13.4. The predicted octanol–water partition coefficient (Wildman–Crippen LogP) is 4.34. The van der Waals surface area contributed by atoms with E-state index >= 15 is 0 Å². The largest absolute Gasteiger partial charge is 0.465 e. The lowest BCUT2D eigenvalue weighted by Crippen LogP contribution is -2.16. The van der Waals surface area contributed by atoms with Crippen molar-refractivity contribution in [2.45, 2.75) is 12.8 Å². The van der Waals surface area contributed by atoms with Crippen LogP contribution >= 0.6 is 0 Å². The standard InChI is InChI=1S/C20H18N2O2/c1-2-24-20(23)19(15-11-21-17-9-5-3-7-13(15)17)16-12-22-18-10-6-4-8-14(16)18/h3-12,19,21-22H,2H2,1H3. The first-order chi connectivity index (χ1) is 11.8. The number of nitrogens with one attached hydrogen (secondary N) is 2. The lowest BCUT2D eigenvalue weighted by Gasteiger charge is -2.15. The Morgan fingerprint density at radius 2 is 1.42 bits per heavy atom. The number of H-pyrrole nitrogens is 2. The molecule has 0 radical (unpaired) electrons. The summed E-state index contributed by atoms with van der Waals surface area (Å²) in [6.45, 7) is 2.19. The Hall–Kier alpha value is -3.01. The van der Waals surface area contributed by atoms with Gasteiger partial charge in [0.2, 0.25) is 0 Å². The molecule has 0 bridgehead atoms. The fourth-order valence-corrected chi connectivity index (χ4v) is 3.31. The van der Waals surface area contributed by atoms with Crippen LogP contribution in [0.15, 0.2) is 60.9 Å². The number of aromatic amines is 2. The van der Waals surface area contributed by atoms with Crippen molar-refractivity contribution >= 4 is 27.8 Å². The minimum Gasteiger partial charge on any atom is -0.465 e. The minimum absolute atomic E-state index is 0.230. The van der Waals surface area contributed by atoms with Gasteiger partial charge in [-0.15, -0.1) is 0 Å². The van der Waals surface area contributed by atoms with Gasteiger partial charge in [-0.3, -0.25) is 4.79 Å². The summed E-state index contributed by atoms with van der Waals surface area (Å²) in [5.41, 5.74) is 3.91. The van der Waals surface area contributed by atoms with Gasteiger partial charge >= 0.3 is 5.97 Å². The molecule has 2 heterocycles. The molecular formula is C20H18N2O2. The molecule has 0 aliphatic heterocycles. The van der Waals surface area contributed by atoms with Crippen LogP contribution in [0.5, 0.6) is 0 Å². The second kappa shape index (κ2) is 5.89. The second-order valence-corrected chi connectivity index (χ2v) is 5.76. The smallest absolute Gasteiger partial charge is 0.318 e. The van der Waals surface area contributed by atoms with E-state index in [0.717, 1.165) is 32.9 Å². The van der Waals surface area contributed by atoms with Crippen molar-refractivity contribution in [3.8, 4) is 0 Å². The summed E-state index contributed by atoms with van der Waals surface area (Å²) in [4.78, 5) is 19.3. The van der Waals surface area contributed by atoms with Crippen LogP contribution in [0.3, 0.4) is 0 Å². The summed E-state index contributed by atoms with van der Waals surface area (Å²) in [5.74, 6) is -0.691. The molecule has 24 heavy (non-hydrogen) atoms. The number of para-hydroxylation sites is 2. The molecule has 0 aliphatic rings. The lowest BCUT2D eigenvalue weighted by atomic mass is 9.90. The average molecular weight is 318 g/mol. The van der Waals surface area contributed by atoms with Gasteiger partial charge in [0.25, 0.3) is 0 Å². The van der Waals surface area contributed by atoms with Gasteiger partial charge < -0.3 is 14.7 Å². The number of benzene rings is 2. The maximum Gasteiger partial charge on any atom is 0.318 e. The molecule has 4 rings (SSSR count). The van der Waals surface area contributed by atoms with Crippen LogP contribution in [0.1, 0.15) is 24.0 Å². The number of aromatic nitrogens is 2. The minimum atomic E-state index is -0.461. The molecule has 0 spiro atoms. The van der Waals surface area contributed by atoms with Crippen molar-refractivity contribution in [1.29, 1.82) is 0 Å². The SMILES string of the molecule is CCOC(=O)C(c1c[nH]c2ccccc12)c1c[nH]c2ccccc12. The first kappa shape index (κ1) is 14.6. The quantitative estimate of drug-likeness (QED) is 0.550. The van der Waals surface area contributed by atoms with Crippen LogP contribution in [-0.2, 0) is 9.53 Å². The van der Waals surface area contributed by atoms with Crippen LogP contribution < -0.4 is 0 Å². The number of ether oxygens (including phenoxy) is 1. The summed E-state index contributed by atoms with van der Waals surface area (Å²) < 4.78 is 5.38. The molecule has 4 nitrogen and oxygen atoms in total. The molecule has 120 valence electrons. The first-order valence-corrected chi connectivity index (χ1v) is 8.08. The Morgan fingerprint density at radius 3 is 1.92 bits per heavy atom. The zero-order valence-electron chi connectivity index (χ0n) is 13.4. The van der Waals surface area contributed by atoms with Gasteiger partial charge in [-0.2, -0.15) is 0 Å². The molecule has 2 N–H and O–H groups in total. The van der Waals surface area contributed by atoms with Crippen LogP contribution in [0.4, 0.5) is 0 Å². The fraction of sp³-hybridized carbons (Fsp3) is 0.150. The van der Waals surface area contributed by atoms with Gasteiger partial charge in [0, 0.05) is 34.2 Å². The van der Waals surface area contributed by atoms with Crippen LogP contribution in [0.25, 0.3) is 21.8 Å². The third-order valence-corrected chi connectivity index (χ3v) is 4.39. The summed E-state index contributed by atoms with van der Waals surface area (Å²) in [6, 6.07) is 16.0. The van der Waals surface area contributed by atoms with Crippen molar-refractivity contribution in [2.75, 3.05) is 6.61 Å². The van der Waals surface area contributed by atoms with Gasteiger partial charge in [0.05, 0.1) is 6.61 Å². The van der Waals surface area contributed by atoms with E-state index in [1.165, 1.54) is 0 Å². The molecule has 2 aromatic heterocycles. The molecule has 4 aromatic rings. The van der Waals surface area contributed by atoms with Gasteiger partial charge in [0.15, 0.2) is 0 Å². The second-order valence-electron chi connectivity index (χ2n) is 5.76. The van der Waals surface area contributed by atoms with E-state index in [-0.39, 0.29) is 5.97 Å². The van der Waals surface area contributed by atoms with Gasteiger partial charge in [-0.1, -0.05) is 36.4 Å². The predicted molar refractivity (Wildman–Crippen MR) is 95.1 cm³/mol. The van der Waals surface area contributed by atoms with E-state index in [1.807, 2.05) is 67.8 Å². The Morgan fingerprint density at radius 1 is 0.917 bits per heavy atom. The fourth-order valence-electron chi connectivity index (χ4n) is 3.31. The topological polar surface area (TPSA) is 57.9 Å². The molecule has 0 amide bonds. The lowest BCUT2D eigenvalue weighted by molar-refractivity contribution is -0.143. The summed E-state index contributed by atoms with van der Waals surface area (Å²) in [7, 11) is 0. The summed E-state index contributed by atoms with van der Waals surface area (Å²) in [6.07, 6.45) is 3.82. The van der Waals surface area contributed by atoms with Crippen LogP contribution in [-0.4, -0.2) is 22.5 Å². The van der Waals surface area contributed by atoms with Gasteiger partial charge in [0.1, 0.15) is 5.92 Å². The monoisotopic (exact) mass is 318 g/mol. The molecule has 0 fully saturated rings. The average Bonchev–Trinajstić information content (AvgIpc) is 3.21. The highest BCUT2D eigenvalue weighted by Crippen LogP contribution is 2.35. The Balaban J connectivity index is 1.93. The number of carbonyl (C=O) groups excluding carboxylic acids is 1. The van der Waals surface area contributed by atoms with Gasteiger partial charge in [-0.25, -0.2) is 0 Å². The van der Waals surface area contributed by atoms with Crippen molar-refractivity contribution in [3.63, 3.8) is 0 Å². The van der Waals surface area contributed by atoms with Crippen LogP contribution in [0, 0.1) is 0 Å². The number of hydrogen-bond donors (Lipinski definition) is 2. The molecule has 0 atom stereocenters. The molecule has 0 saturated carbocycles. The molecule has 2 aromatic carbocycles. The number of carbonyl (C=O) groups is 1. The van der Waals surface area contributed by atoms with Crippen molar-refractivity contribution in [2.24, 2.45) is 0 Å². The first-order valence-electron chi connectivity index (χ1n) is 8.08. The Bertz CT molecular complexity index is 939. The summed E-state index contributed by atoms with van der Waals surface area (Å²) in [5, 5.41) is 2.08. The third-order valence-electron chi connectivity index (χ3n) is 4.39. The molecule has 0 saturated heterocycles. The van der Waals surface area contributed by atoms with Gasteiger partial charge in [-0.05, 0) is 30.2 Å². The van der Waals surface area contributed by atoms with Crippen molar-refractivity contribution in [3.05, 3.63) is 72.1 Å². The van der Waals surface area contributed by atoms with E-state index in [1.54, 1.807) is 0 Å². The summed E-state index contributed by atoms with van der Waals surface area (Å²) >= 11 is 0. The highest BCUT2D eigenvalue weighted by molar-refractivity contribution is 5.96. The third kappa shape index (κ3) is 2.27. The van der Waals surface area contributed by atoms with Crippen molar-refractivity contribution in [1.82, 2.24) is 9.97 Å². The highest BCUT2D eigenvalue weighted by Gasteiger charge is 2.29. The highest BCUT2D eigenvalue weighted by atomic mass is 16.5. The molecule has 0 aliphatic carbocycles. The normalized spacial score (nSPS) is 11.4. The number of fused-ring (bicyclic) bond motifs is 2. The van der Waals surface area contributed by atoms with E-state index in [9.17, 15) is 4.79 Å². The Labute approximate surface area is 139 Å².